The van der Waals surface area contributed by atoms with E-state index >= 15 is 0 Å². The number of nitrogens with zero attached hydrogens (tertiary/aromatic N) is 1. The minimum absolute atomic E-state index is 0.261. The van der Waals surface area contributed by atoms with E-state index in [1.807, 2.05) is 48.5 Å². The first-order valence-corrected chi connectivity index (χ1v) is 8.96. The molecular formula is C19H15ClN2O3S. The van der Waals surface area contributed by atoms with Gasteiger partial charge in [-0.25, -0.2) is 0 Å². The van der Waals surface area contributed by atoms with E-state index in [9.17, 15) is 9.59 Å². The van der Waals surface area contributed by atoms with Gasteiger partial charge in [0.05, 0.1) is 4.91 Å². The number of ether oxygens (including phenoxy) is 1. The van der Waals surface area contributed by atoms with Crippen LogP contribution in [0.1, 0.15) is 18.1 Å². The van der Waals surface area contributed by atoms with Gasteiger partial charge in [-0.15, -0.1) is 0 Å². The topological polar surface area (TPSA) is 67.8 Å². The van der Waals surface area contributed by atoms with Gasteiger partial charge in [-0.05, 0) is 53.2 Å². The number of amides is 2. The SMILES string of the molecule is CC(=O)NC1=NC(=O)/C(=C/c2cccc(OCc3ccc(Cl)cc3)c2)S1. The fourth-order valence-electron chi connectivity index (χ4n) is 2.21. The van der Waals surface area contributed by atoms with Crippen LogP contribution in [0.25, 0.3) is 6.08 Å². The van der Waals surface area contributed by atoms with Crippen LogP contribution in [-0.2, 0) is 16.2 Å². The highest BCUT2D eigenvalue weighted by Gasteiger charge is 2.22. The largest absolute Gasteiger partial charge is 0.489 e. The van der Waals surface area contributed by atoms with Crippen molar-refractivity contribution >= 4 is 46.4 Å². The molecule has 0 saturated carbocycles. The highest BCUT2D eigenvalue weighted by molar-refractivity contribution is 8.18. The normalized spacial score (nSPS) is 15.1. The number of hydrogen-bond acceptors (Lipinski definition) is 4. The van der Waals surface area contributed by atoms with Crippen LogP contribution in [0.2, 0.25) is 5.02 Å². The lowest BCUT2D eigenvalue weighted by Gasteiger charge is -2.07. The monoisotopic (exact) mass is 386 g/mol. The Morgan fingerprint density at radius 1 is 1.27 bits per heavy atom. The molecule has 2 aromatic carbocycles. The zero-order valence-electron chi connectivity index (χ0n) is 13.9. The van der Waals surface area contributed by atoms with E-state index in [-0.39, 0.29) is 11.8 Å². The summed E-state index contributed by atoms with van der Waals surface area (Å²) in [7, 11) is 0. The van der Waals surface area contributed by atoms with Gasteiger partial charge < -0.3 is 10.1 Å². The molecule has 0 fully saturated rings. The Balaban J connectivity index is 1.67. The lowest BCUT2D eigenvalue weighted by molar-refractivity contribution is -0.117. The molecule has 2 aromatic rings. The summed E-state index contributed by atoms with van der Waals surface area (Å²) in [6.45, 7) is 1.79. The summed E-state index contributed by atoms with van der Waals surface area (Å²) in [6, 6.07) is 14.8. The molecule has 1 aliphatic rings. The molecule has 132 valence electrons. The van der Waals surface area contributed by atoms with Crippen molar-refractivity contribution in [3.8, 4) is 5.75 Å². The number of thioether (sulfide) groups is 1. The Morgan fingerprint density at radius 2 is 2.04 bits per heavy atom. The quantitative estimate of drug-likeness (QED) is 0.805. The molecule has 0 radical (unpaired) electrons. The van der Waals surface area contributed by atoms with Crippen LogP contribution in [0.3, 0.4) is 0 Å². The second-order valence-electron chi connectivity index (χ2n) is 5.50. The minimum atomic E-state index is -0.369. The third kappa shape index (κ3) is 4.97. The first-order chi connectivity index (χ1) is 12.5. The molecule has 1 heterocycles. The number of aliphatic imine (C=N–C) groups is 1. The van der Waals surface area contributed by atoms with Crippen LogP contribution in [-0.4, -0.2) is 17.0 Å². The van der Waals surface area contributed by atoms with E-state index in [0.717, 1.165) is 22.9 Å². The highest BCUT2D eigenvalue weighted by Crippen LogP contribution is 2.28. The Kier molecular flexibility index (Phi) is 5.75. The number of nitrogens with one attached hydrogen (secondary N) is 1. The number of amidine groups is 1. The molecule has 0 saturated heterocycles. The minimum Gasteiger partial charge on any atom is -0.489 e. The lowest BCUT2D eigenvalue weighted by Crippen LogP contribution is -2.23. The fraction of sp³-hybridized carbons (Fsp3) is 0.105. The van der Waals surface area contributed by atoms with Crippen molar-refractivity contribution in [3.05, 3.63) is 69.6 Å². The van der Waals surface area contributed by atoms with Crippen LogP contribution in [0, 0.1) is 0 Å². The van der Waals surface area contributed by atoms with Gasteiger partial charge in [-0.1, -0.05) is 35.9 Å². The molecule has 3 rings (SSSR count). The van der Waals surface area contributed by atoms with Crippen LogP contribution >= 0.6 is 23.4 Å². The molecule has 5 nitrogen and oxygen atoms in total. The molecule has 1 aliphatic heterocycles. The second-order valence-corrected chi connectivity index (χ2v) is 6.97. The summed E-state index contributed by atoms with van der Waals surface area (Å²) < 4.78 is 5.79. The lowest BCUT2D eigenvalue weighted by atomic mass is 10.2. The van der Waals surface area contributed by atoms with Gasteiger partial charge in [-0.3, -0.25) is 9.59 Å². The van der Waals surface area contributed by atoms with Crippen LogP contribution in [0.5, 0.6) is 5.75 Å². The maximum atomic E-state index is 11.9. The van der Waals surface area contributed by atoms with Crippen molar-refractivity contribution in [2.45, 2.75) is 13.5 Å². The maximum Gasteiger partial charge on any atom is 0.286 e. The van der Waals surface area contributed by atoms with Gasteiger partial charge in [0, 0.05) is 11.9 Å². The average molecular weight is 387 g/mol. The Hall–Kier alpha value is -2.57. The van der Waals surface area contributed by atoms with Gasteiger partial charge in [0.25, 0.3) is 5.91 Å². The van der Waals surface area contributed by atoms with E-state index in [2.05, 4.69) is 10.3 Å². The van der Waals surface area contributed by atoms with Crippen molar-refractivity contribution in [2.75, 3.05) is 0 Å². The summed E-state index contributed by atoms with van der Waals surface area (Å²) in [4.78, 5) is 27.2. The van der Waals surface area contributed by atoms with Crippen molar-refractivity contribution in [1.82, 2.24) is 5.32 Å². The van der Waals surface area contributed by atoms with Gasteiger partial charge in [-0.2, -0.15) is 4.99 Å². The van der Waals surface area contributed by atoms with Crippen LogP contribution in [0.4, 0.5) is 0 Å². The van der Waals surface area contributed by atoms with Gasteiger partial charge in [0.2, 0.25) is 5.91 Å². The van der Waals surface area contributed by atoms with Crippen molar-refractivity contribution in [3.63, 3.8) is 0 Å². The number of benzene rings is 2. The van der Waals surface area contributed by atoms with Gasteiger partial charge in [0.15, 0.2) is 5.17 Å². The Bertz CT molecular complexity index is 907. The number of halogens is 1. The summed E-state index contributed by atoms with van der Waals surface area (Å²) in [5.74, 6) is 0.0573. The predicted octanol–water partition coefficient (Wildman–Crippen LogP) is 4.03. The van der Waals surface area contributed by atoms with E-state index in [1.165, 1.54) is 6.92 Å². The first kappa shape index (κ1) is 18.2. The van der Waals surface area contributed by atoms with E-state index < -0.39 is 0 Å². The average Bonchev–Trinajstić information content (AvgIpc) is 2.93. The number of carbonyl (C=O) groups excluding carboxylic acids is 2. The van der Waals surface area contributed by atoms with Crippen molar-refractivity contribution in [1.29, 1.82) is 0 Å². The molecule has 0 bridgehead atoms. The van der Waals surface area contributed by atoms with Crippen LogP contribution in [0.15, 0.2) is 58.4 Å². The zero-order valence-corrected chi connectivity index (χ0v) is 15.4. The molecule has 1 N–H and O–H groups in total. The molecule has 26 heavy (non-hydrogen) atoms. The third-order valence-electron chi connectivity index (χ3n) is 3.38. The molecular weight excluding hydrogens is 372 g/mol. The molecule has 2 amide bonds. The van der Waals surface area contributed by atoms with Crippen molar-refractivity contribution < 1.29 is 14.3 Å². The standard InChI is InChI=1S/C19H15ClN2O3S/c1-12(23)21-19-22-18(24)17(26-19)10-14-3-2-4-16(9-14)25-11-13-5-7-15(20)8-6-13/h2-10H,11H2,1H3,(H,21,22,23,24)/b17-10-. The van der Waals surface area contributed by atoms with E-state index in [0.29, 0.717) is 27.5 Å². The van der Waals surface area contributed by atoms with Crippen LogP contribution < -0.4 is 10.1 Å². The molecule has 7 heteroatoms. The Morgan fingerprint density at radius 3 is 2.77 bits per heavy atom. The number of carbonyl (C=O) groups is 2. The predicted molar refractivity (Wildman–Crippen MR) is 104 cm³/mol. The molecule has 0 unspecified atom stereocenters. The van der Waals surface area contributed by atoms with Crippen molar-refractivity contribution in [2.24, 2.45) is 4.99 Å². The summed E-state index contributed by atoms with van der Waals surface area (Å²) >= 11 is 7.01. The summed E-state index contributed by atoms with van der Waals surface area (Å²) in [5, 5.41) is 3.50. The smallest absolute Gasteiger partial charge is 0.286 e. The van der Waals surface area contributed by atoms with E-state index in [1.54, 1.807) is 6.08 Å². The molecule has 0 atom stereocenters. The molecule has 0 aliphatic carbocycles. The number of rotatable bonds is 4. The van der Waals surface area contributed by atoms with Gasteiger partial charge >= 0.3 is 0 Å². The van der Waals surface area contributed by atoms with E-state index in [4.69, 9.17) is 16.3 Å². The summed E-state index contributed by atoms with van der Waals surface area (Å²) in [6.07, 6.45) is 1.72. The Labute approximate surface area is 160 Å². The highest BCUT2D eigenvalue weighted by atomic mass is 35.5. The maximum absolute atomic E-state index is 11.9. The second kappa shape index (κ2) is 8.21. The molecule has 0 aromatic heterocycles. The third-order valence-corrected chi connectivity index (χ3v) is 4.53. The number of hydrogen-bond donors (Lipinski definition) is 1. The first-order valence-electron chi connectivity index (χ1n) is 7.77. The summed E-state index contributed by atoms with van der Waals surface area (Å²) in [5.41, 5.74) is 1.82. The molecule has 0 spiro atoms. The fourth-order valence-corrected chi connectivity index (χ4v) is 3.19. The zero-order chi connectivity index (χ0) is 18.5. The van der Waals surface area contributed by atoms with Gasteiger partial charge in [0.1, 0.15) is 12.4 Å².